The largest absolute Gasteiger partial charge is 0.332 e. The second-order valence-electron chi connectivity index (χ2n) is 7.18. The van der Waals surface area contributed by atoms with Crippen LogP contribution < -0.4 is 16.7 Å². The summed E-state index contributed by atoms with van der Waals surface area (Å²) < 4.78 is 4.53. The standard InChI is InChI=1S/C19H22N6O2/c1-10-6-7-11(2)14(8-10)9-24-17(26)15-16(23(5)19(24)27)20-18-22-21-12(3)13(4)25(15)18/h6-8,13H,9H2,1-5H3,(H,20,22)/t13-/m0/s1. The summed E-state index contributed by atoms with van der Waals surface area (Å²) >= 11 is 0. The van der Waals surface area contributed by atoms with E-state index >= 15 is 0 Å². The molecule has 0 fully saturated rings. The fourth-order valence-corrected chi connectivity index (χ4v) is 3.49. The molecule has 0 saturated carbocycles. The quantitative estimate of drug-likeness (QED) is 0.751. The number of hydrogen-bond donors (Lipinski definition) is 1. The smallest absolute Gasteiger partial charge is 0.294 e. The SMILES string of the molecule is CC1=NNc2nc3c(c(=O)n(Cc4cc(C)ccc4C)c(=O)n3C)n2[C@H]1C. The third-order valence-corrected chi connectivity index (χ3v) is 5.33. The van der Waals surface area contributed by atoms with E-state index in [0.717, 1.165) is 22.4 Å². The fourth-order valence-electron chi connectivity index (χ4n) is 3.49. The summed E-state index contributed by atoms with van der Waals surface area (Å²) in [5, 5.41) is 4.23. The maximum atomic E-state index is 13.3. The van der Waals surface area contributed by atoms with E-state index < -0.39 is 0 Å². The van der Waals surface area contributed by atoms with E-state index in [0.29, 0.717) is 17.1 Å². The molecule has 27 heavy (non-hydrogen) atoms. The molecule has 0 aliphatic carbocycles. The molecule has 0 amide bonds. The van der Waals surface area contributed by atoms with Crippen LogP contribution in [-0.4, -0.2) is 24.4 Å². The molecule has 0 unspecified atom stereocenters. The van der Waals surface area contributed by atoms with Gasteiger partial charge < -0.3 is 0 Å². The van der Waals surface area contributed by atoms with Gasteiger partial charge in [0.05, 0.1) is 18.3 Å². The number of fused-ring (bicyclic) bond motifs is 3. The zero-order chi connectivity index (χ0) is 19.5. The lowest BCUT2D eigenvalue weighted by Crippen LogP contribution is -2.40. The molecule has 8 heteroatoms. The summed E-state index contributed by atoms with van der Waals surface area (Å²) in [5.74, 6) is 0.472. The highest BCUT2D eigenvalue weighted by Gasteiger charge is 2.26. The van der Waals surface area contributed by atoms with Crippen molar-refractivity contribution in [1.29, 1.82) is 0 Å². The molecule has 1 aliphatic rings. The normalized spacial score (nSPS) is 16.2. The first-order valence-corrected chi connectivity index (χ1v) is 8.87. The lowest BCUT2D eigenvalue weighted by molar-refractivity contribution is 0.643. The van der Waals surface area contributed by atoms with Crippen molar-refractivity contribution in [2.45, 2.75) is 40.3 Å². The number of nitrogens with zero attached hydrogens (tertiary/aromatic N) is 5. The van der Waals surface area contributed by atoms with Crippen molar-refractivity contribution in [1.82, 2.24) is 18.7 Å². The van der Waals surface area contributed by atoms with Crippen molar-refractivity contribution in [2.75, 3.05) is 5.43 Å². The first-order chi connectivity index (χ1) is 12.8. The van der Waals surface area contributed by atoms with E-state index in [1.165, 1.54) is 9.13 Å². The van der Waals surface area contributed by atoms with Crippen LogP contribution in [0.3, 0.4) is 0 Å². The second kappa shape index (κ2) is 5.94. The Labute approximate surface area is 155 Å². The predicted octanol–water partition coefficient (Wildman–Crippen LogP) is 1.92. The number of benzene rings is 1. The van der Waals surface area contributed by atoms with Gasteiger partial charge in [0.2, 0.25) is 5.95 Å². The lowest BCUT2D eigenvalue weighted by atomic mass is 10.1. The molecular formula is C19H22N6O2. The van der Waals surface area contributed by atoms with Crippen molar-refractivity contribution in [3.63, 3.8) is 0 Å². The van der Waals surface area contributed by atoms with Crippen LogP contribution in [0.4, 0.5) is 5.95 Å². The average molecular weight is 366 g/mol. The summed E-state index contributed by atoms with van der Waals surface area (Å²) in [6.07, 6.45) is 0. The van der Waals surface area contributed by atoms with Crippen LogP contribution in [0.15, 0.2) is 32.9 Å². The highest BCUT2D eigenvalue weighted by atomic mass is 16.2. The Morgan fingerprint density at radius 2 is 1.93 bits per heavy atom. The van der Waals surface area contributed by atoms with Gasteiger partial charge >= 0.3 is 5.69 Å². The zero-order valence-corrected chi connectivity index (χ0v) is 16.1. The molecule has 2 aromatic heterocycles. The number of rotatable bonds is 2. The minimum absolute atomic E-state index is 0.120. The number of imidazole rings is 1. The van der Waals surface area contributed by atoms with Gasteiger partial charge in [-0.25, -0.2) is 10.2 Å². The zero-order valence-electron chi connectivity index (χ0n) is 16.1. The van der Waals surface area contributed by atoms with Gasteiger partial charge in [-0.15, -0.1) is 0 Å². The lowest BCUT2D eigenvalue weighted by Gasteiger charge is -2.21. The molecule has 140 valence electrons. The van der Waals surface area contributed by atoms with E-state index in [2.05, 4.69) is 15.5 Å². The second-order valence-corrected chi connectivity index (χ2v) is 7.18. The Balaban J connectivity index is 1.99. The Bertz CT molecular complexity index is 1230. The molecule has 3 heterocycles. The van der Waals surface area contributed by atoms with E-state index in [9.17, 15) is 9.59 Å². The molecule has 0 radical (unpaired) electrons. The Hall–Kier alpha value is -3.16. The molecule has 1 N–H and O–H groups in total. The van der Waals surface area contributed by atoms with Gasteiger partial charge in [0.1, 0.15) is 0 Å². The Morgan fingerprint density at radius 1 is 1.19 bits per heavy atom. The van der Waals surface area contributed by atoms with Gasteiger partial charge in [-0.05, 0) is 38.8 Å². The van der Waals surface area contributed by atoms with Gasteiger partial charge in [-0.1, -0.05) is 23.8 Å². The average Bonchev–Trinajstić information content (AvgIpc) is 3.03. The molecule has 3 aromatic rings. The summed E-state index contributed by atoms with van der Waals surface area (Å²) in [6.45, 7) is 8.06. The third kappa shape index (κ3) is 2.51. The molecule has 0 saturated heterocycles. The van der Waals surface area contributed by atoms with Crippen LogP contribution >= 0.6 is 0 Å². The van der Waals surface area contributed by atoms with E-state index in [1.807, 2.05) is 50.5 Å². The van der Waals surface area contributed by atoms with Crippen LogP contribution in [0.25, 0.3) is 11.2 Å². The van der Waals surface area contributed by atoms with Crippen molar-refractivity contribution in [3.8, 4) is 0 Å². The molecule has 1 aromatic carbocycles. The van der Waals surface area contributed by atoms with E-state index in [4.69, 9.17) is 0 Å². The van der Waals surface area contributed by atoms with Crippen LogP contribution in [0, 0.1) is 13.8 Å². The van der Waals surface area contributed by atoms with Crippen LogP contribution in [0.1, 0.15) is 36.6 Å². The summed E-state index contributed by atoms with van der Waals surface area (Å²) in [4.78, 5) is 30.6. The number of anilines is 1. The highest BCUT2D eigenvalue weighted by Crippen LogP contribution is 2.25. The molecule has 0 bridgehead atoms. The number of aryl methyl sites for hydroxylation is 3. The first kappa shape index (κ1) is 17.3. The van der Waals surface area contributed by atoms with E-state index in [1.54, 1.807) is 7.05 Å². The minimum Gasteiger partial charge on any atom is -0.294 e. The Morgan fingerprint density at radius 3 is 2.67 bits per heavy atom. The molecule has 1 atom stereocenters. The van der Waals surface area contributed by atoms with Crippen molar-refractivity contribution in [3.05, 3.63) is 55.7 Å². The number of aromatic nitrogens is 4. The van der Waals surface area contributed by atoms with Crippen molar-refractivity contribution >= 4 is 22.8 Å². The van der Waals surface area contributed by atoms with Gasteiger partial charge in [0.25, 0.3) is 5.56 Å². The molecule has 0 spiro atoms. The van der Waals surface area contributed by atoms with Crippen LogP contribution in [0.2, 0.25) is 0 Å². The molecular weight excluding hydrogens is 344 g/mol. The fraction of sp³-hybridized carbons (Fsp3) is 0.368. The summed E-state index contributed by atoms with van der Waals surface area (Å²) in [5.41, 5.74) is 6.86. The van der Waals surface area contributed by atoms with Gasteiger partial charge in [0.15, 0.2) is 11.2 Å². The van der Waals surface area contributed by atoms with Gasteiger partial charge in [-0.3, -0.25) is 18.5 Å². The van der Waals surface area contributed by atoms with Crippen LogP contribution in [0.5, 0.6) is 0 Å². The number of hydrogen-bond acceptors (Lipinski definition) is 5. The maximum absolute atomic E-state index is 13.3. The summed E-state index contributed by atoms with van der Waals surface area (Å²) in [6, 6.07) is 5.92. The first-order valence-electron chi connectivity index (χ1n) is 8.87. The monoisotopic (exact) mass is 366 g/mol. The Kier molecular flexibility index (Phi) is 3.80. The minimum atomic E-state index is -0.380. The van der Waals surface area contributed by atoms with Gasteiger partial charge in [0, 0.05) is 7.05 Å². The molecule has 8 nitrogen and oxygen atoms in total. The van der Waals surface area contributed by atoms with Gasteiger partial charge in [-0.2, -0.15) is 10.1 Å². The van der Waals surface area contributed by atoms with Crippen LogP contribution in [-0.2, 0) is 13.6 Å². The highest BCUT2D eigenvalue weighted by molar-refractivity contribution is 5.90. The topological polar surface area (TPSA) is 86.2 Å². The molecule has 1 aliphatic heterocycles. The molecule has 4 rings (SSSR count). The predicted molar refractivity (Wildman–Crippen MR) is 106 cm³/mol. The third-order valence-electron chi connectivity index (χ3n) is 5.33. The van der Waals surface area contributed by atoms with Crippen molar-refractivity contribution < 1.29 is 0 Å². The number of nitrogens with one attached hydrogen (secondary N) is 1. The summed E-state index contributed by atoms with van der Waals surface area (Å²) in [7, 11) is 1.64. The van der Waals surface area contributed by atoms with E-state index in [-0.39, 0.29) is 23.8 Å². The number of hydrazone groups is 1. The maximum Gasteiger partial charge on any atom is 0.332 e. The van der Waals surface area contributed by atoms with Crippen molar-refractivity contribution in [2.24, 2.45) is 12.1 Å².